The van der Waals surface area contributed by atoms with Crippen molar-refractivity contribution in [1.29, 1.82) is 0 Å². The Balaban J connectivity index is 2.42. The van der Waals surface area contributed by atoms with Crippen LogP contribution in [0.25, 0.3) is 0 Å². The van der Waals surface area contributed by atoms with E-state index in [1.807, 2.05) is 18.2 Å². The van der Waals surface area contributed by atoms with Crippen molar-refractivity contribution in [3.63, 3.8) is 0 Å². The fourth-order valence-electron chi connectivity index (χ4n) is 0.989. The third-order valence-electron chi connectivity index (χ3n) is 1.64. The van der Waals surface area contributed by atoms with Gasteiger partial charge in [-0.15, -0.1) is 0 Å². The Morgan fingerprint density at radius 2 is 2.27 bits per heavy atom. The third-order valence-corrected chi connectivity index (χ3v) is 2.48. The lowest BCUT2D eigenvalue weighted by atomic mass is 10.2. The van der Waals surface area contributed by atoms with Crippen LogP contribution in [0.1, 0.15) is 11.7 Å². The van der Waals surface area contributed by atoms with Crippen LogP contribution in [0.2, 0.25) is 5.02 Å². The van der Waals surface area contributed by atoms with Gasteiger partial charge in [0.25, 0.3) is 0 Å². The number of halogens is 2. The summed E-state index contributed by atoms with van der Waals surface area (Å²) in [5.74, 6) is 0. The van der Waals surface area contributed by atoms with Crippen LogP contribution >= 0.6 is 27.5 Å². The van der Waals surface area contributed by atoms with Crippen LogP contribution in [-0.4, -0.2) is 6.61 Å². The first kappa shape index (κ1) is 7.59. The number of hydrogen-bond donors (Lipinski definition) is 0. The SMILES string of the molecule is Clc1ccc(Br)cc1[C@H]1CO1. The van der Waals surface area contributed by atoms with E-state index in [0.717, 1.165) is 21.7 Å². The smallest absolute Gasteiger partial charge is 0.107 e. The monoisotopic (exact) mass is 232 g/mol. The Kier molecular flexibility index (Phi) is 1.91. The molecule has 0 aliphatic carbocycles. The minimum absolute atomic E-state index is 0.236. The average molecular weight is 233 g/mol. The zero-order valence-corrected chi connectivity index (χ0v) is 8.02. The highest BCUT2D eigenvalue weighted by molar-refractivity contribution is 9.10. The van der Waals surface area contributed by atoms with Crippen molar-refractivity contribution >= 4 is 27.5 Å². The summed E-state index contributed by atoms with van der Waals surface area (Å²) in [4.78, 5) is 0. The van der Waals surface area contributed by atoms with Gasteiger partial charge in [-0.3, -0.25) is 0 Å². The number of rotatable bonds is 1. The standard InChI is InChI=1S/C8H6BrClO/c9-5-1-2-7(10)6(3-5)8-4-11-8/h1-3,8H,4H2/t8-/m1/s1. The lowest BCUT2D eigenvalue weighted by Crippen LogP contribution is -1.81. The maximum Gasteiger partial charge on any atom is 0.107 e. The number of benzene rings is 1. The first-order valence-corrected chi connectivity index (χ1v) is 4.51. The molecule has 1 aliphatic heterocycles. The average Bonchev–Trinajstić information content (AvgIpc) is 2.76. The van der Waals surface area contributed by atoms with Gasteiger partial charge >= 0.3 is 0 Å². The zero-order valence-electron chi connectivity index (χ0n) is 5.68. The Hall–Kier alpha value is -0.0500. The normalized spacial score (nSPS) is 21.8. The van der Waals surface area contributed by atoms with Crippen molar-refractivity contribution in [2.45, 2.75) is 6.10 Å². The van der Waals surface area contributed by atoms with Crippen molar-refractivity contribution in [3.05, 3.63) is 33.3 Å². The van der Waals surface area contributed by atoms with Gasteiger partial charge in [0.05, 0.1) is 6.61 Å². The molecule has 1 heterocycles. The second kappa shape index (κ2) is 2.77. The summed E-state index contributed by atoms with van der Waals surface area (Å²) < 4.78 is 6.17. The van der Waals surface area contributed by atoms with Crippen LogP contribution in [-0.2, 0) is 4.74 Å². The molecule has 0 radical (unpaired) electrons. The summed E-state index contributed by atoms with van der Waals surface area (Å²) in [5.41, 5.74) is 1.08. The van der Waals surface area contributed by atoms with Gasteiger partial charge in [0.1, 0.15) is 6.10 Å². The summed E-state index contributed by atoms with van der Waals surface area (Å²) in [6, 6.07) is 5.80. The van der Waals surface area contributed by atoms with Crippen LogP contribution in [0, 0.1) is 0 Å². The fraction of sp³-hybridized carbons (Fsp3) is 0.250. The number of epoxide rings is 1. The molecular weight excluding hydrogens is 227 g/mol. The molecule has 0 bridgehead atoms. The van der Waals surface area contributed by atoms with Crippen LogP contribution in [0.15, 0.2) is 22.7 Å². The zero-order chi connectivity index (χ0) is 7.84. The van der Waals surface area contributed by atoms with Crippen molar-refractivity contribution in [1.82, 2.24) is 0 Å². The van der Waals surface area contributed by atoms with Crippen molar-refractivity contribution in [2.24, 2.45) is 0 Å². The quantitative estimate of drug-likeness (QED) is 0.679. The fourth-order valence-corrected chi connectivity index (χ4v) is 1.61. The summed E-state index contributed by atoms with van der Waals surface area (Å²) in [6.45, 7) is 0.802. The van der Waals surface area contributed by atoms with Crippen LogP contribution in [0.3, 0.4) is 0 Å². The summed E-state index contributed by atoms with van der Waals surface area (Å²) in [6.07, 6.45) is 0.236. The molecule has 0 saturated carbocycles. The van der Waals surface area contributed by atoms with E-state index in [1.165, 1.54) is 0 Å². The Morgan fingerprint density at radius 3 is 2.91 bits per heavy atom. The molecule has 0 unspecified atom stereocenters. The molecule has 1 aromatic rings. The molecule has 2 rings (SSSR count). The highest BCUT2D eigenvalue weighted by Gasteiger charge is 2.26. The highest BCUT2D eigenvalue weighted by atomic mass is 79.9. The minimum Gasteiger partial charge on any atom is -0.368 e. The van der Waals surface area contributed by atoms with E-state index in [4.69, 9.17) is 16.3 Å². The van der Waals surface area contributed by atoms with Gasteiger partial charge in [-0.05, 0) is 18.2 Å². The molecule has 1 atom stereocenters. The molecule has 0 spiro atoms. The molecule has 3 heteroatoms. The third kappa shape index (κ3) is 1.58. The minimum atomic E-state index is 0.236. The van der Waals surface area contributed by atoms with Crippen molar-refractivity contribution in [3.8, 4) is 0 Å². The van der Waals surface area contributed by atoms with E-state index < -0.39 is 0 Å². The van der Waals surface area contributed by atoms with E-state index in [1.54, 1.807) is 0 Å². The molecule has 1 nitrogen and oxygen atoms in total. The lowest BCUT2D eigenvalue weighted by Gasteiger charge is -1.99. The topological polar surface area (TPSA) is 12.5 Å². The van der Waals surface area contributed by atoms with Gasteiger partial charge in [-0.25, -0.2) is 0 Å². The van der Waals surface area contributed by atoms with Crippen LogP contribution in [0.4, 0.5) is 0 Å². The van der Waals surface area contributed by atoms with E-state index >= 15 is 0 Å². The maximum atomic E-state index is 5.93. The maximum absolute atomic E-state index is 5.93. The summed E-state index contributed by atoms with van der Waals surface area (Å²) in [7, 11) is 0. The van der Waals surface area contributed by atoms with E-state index in [-0.39, 0.29) is 6.10 Å². The first-order chi connectivity index (χ1) is 5.27. The van der Waals surface area contributed by atoms with Gasteiger partial charge in [-0.2, -0.15) is 0 Å². The van der Waals surface area contributed by atoms with Crippen molar-refractivity contribution < 1.29 is 4.74 Å². The van der Waals surface area contributed by atoms with Gasteiger partial charge in [0, 0.05) is 15.1 Å². The Morgan fingerprint density at radius 1 is 1.55 bits per heavy atom. The summed E-state index contributed by atoms with van der Waals surface area (Å²) in [5, 5.41) is 0.788. The highest BCUT2D eigenvalue weighted by Crippen LogP contribution is 2.36. The van der Waals surface area contributed by atoms with Gasteiger partial charge in [0.15, 0.2) is 0 Å². The Bertz CT molecular complexity index is 283. The molecule has 0 amide bonds. The van der Waals surface area contributed by atoms with Crippen molar-refractivity contribution in [2.75, 3.05) is 6.61 Å². The molecule has 1 fully saturated rings. The molecule has 1 aromatic carbocycles. The molecular formula is C8H6BrClO. The van der Waals surface area contributed by atoms with Gasteiger partial charge in [-0.1, -0.05) is 27.5 Å². The van der Waals surface area contributed by atoms with E-state index in [2.05, 4.69) is 15.9 Å². The summed E-state index contributed by atoms with van der Waals surface area (Å²) >= 11 is 9.31. The lowest BCUT2D eigenvalue weighted by molar-refractivity contribution is 0.415. The second-order valence-electron chi connectivity index (χ2n) is 2.49. The second-order valence-corrected chi connectivity index (χ2v) is 3.81. The van der Waals surface area contributed by atoms with Gasteiger partial charge < -0.3 is 4.74 Å². The molecule has 0 aromatic heterocycles. The van der Waals surface area contributed by atoms with E-state index in [9.17, 15) is 0 Å². The molecule has 1 saturated heterocycles. The largest absolute Gasteiger partial charge is 0.368 e. The molecule has 1 aliphatic rings. The Labute approximate surface area is 78.4 Å². The number of hydrogen-bond acceptors (Lipinski definition) is 1. The van der Waals surface area contributed by atoms with E-state index in [0.29, 0.717) is 0 Å². The first-order valence-electron chi connectivity index (χ1n) is 3.34. The van der Waals surface area contributed by atoms with Crippen LogP contribution < -0.4 is 0 Å². The molecule has 11 heavy (non-hydrogen) atoms. The number of ether oxygens (including phenoxy) is 1. The van der Waals surface area contributed by atoms with Crippen LogP contribution in [0.5, 0.6) is 0 Å². The predicted octanol–water partition coefficient (Wildman–Crippen LogP) is 3.17. The predicted molar refractivity (Wildman–Crippen MR) is 47.8 cm³/mol. The molecule has 0 N–H and O–H groups in total. The van der Waals surface area contributed by atoms with Gasteiger partial charge in [0.2, 0.25) is 0 Å². The molecule has 58 valence electrons.